The van der Waals surface area contributed by atoms with Gasteiger partial charge in [-0.15, -0.1) is 0 Å². The third-order valence-electron chi connectivity index (χ3n) is 4.17. The molecule has 0 amide bonds. The van der Waals surface area contributed by atoms with Crippen LogP contribution in [-0.4, -0.2) is 59.7 Å². The van der Waals surface area contributed by atoms with Gasteiger partial charge < -0.3 is 19.7 Å². The van der Waals surface area contributed by atoms with Crippen LogP contribution in [0.4, 0.5) is 26.3 Å². The Labute approximate surface area is 172 Å². The van der Waals surface area contributed by atoms with Crippen LogP contribution in [0.1, 0.15) is 51.4 Å². The predicted molar refractivity (Wildman–Crippen MR) is 88.7 cm³/mol. The maximum atomic E-state index is 12.3. The summed E-state index contributed by atoms with van der Waals surface area (Å²) < 4.78 is 81.7. The summed E-state index contributed by atoms with van der Waals surface area (Å²) in [4.78, 5) is 43.8. The number of ether oxygens (including phenoxy) is 2. The van der Waals surface area contributed by atoms with E-state index in [1.807, 2.05) is 0 Å². The van der Waals surface area contributed by atoms with Crippen LogP contribution >= 0.6 is 0 Å². The second-order valence-electron chi connectivity index (χ2n) is 6.75. The van der Waals surface area contributed by atoms with Crippen molar-refractivity contribution in [3.8, 4) is 0 Å². The van der Waals surface area contributed by atoms with Gasteiger partial charge in [0.25, 0.3) is 0 Å². The summed E-state index contributed by atoms with van der Waals surface area (Å²) in [5, 5.41) is 17.9. The van der Waals surface area contributed by atoms with Crippen molar-refractivity contribution in [1.82, 2.24) is 0 Å². The van der Waals surface area contributed by atoms with Crippen molar-refractivity contribution in [3.05, 3.63) is 0 Å². The maximum absolute atomic E-state index is 12.3. The highest BCUT2D eigenvalue weighted by Crippen LogP contribution is 2.30. The highest BCUT2D eigenvalue weighted by atomic mass is 19.4. The molecule has 0 heterocycles. The summed E-state index contributed by atoms with van der Waals surface area (Å²) in [5.74, 6) is -8.34. The van der Waals surface area contributed by atoms with E-state index in [2.05, 4.69) is 9.47 Å². The lowest BCUT2D eigenvalue weighted by Gasteiger charge is -2.28. The van der Waals surface area contributed by atoms with E-state index >= 15 is 0 Å². The molecule has 0 aromatic rings. The first-order chi connectivity index (χ1) is 14.1. The highest BCUT2D eigenvalue weighted by molar-refractivity contribution is 5.79. The molecule has 0 saturated heterocycles. The van der Waals surface area contributed by atoms with Gasteiger partial charge in [0.15, 0.2) is 0 Å². The molecule has 0 spiro atoms. The first-order valence-electron chi connectivity index (χ1n) is 9.05. The molecule has 0 aromatic carbocycles. The van der Waals surface area contributed by atoms with E-state index in [1.54, 1.807) is 0 Å². The van der Waals surface area contributed by atoms with Crippen LogP contribution in [0.5, 0.6) is 0 Å². The minimum absolute atomic E-state index is 0.00162. The molecule has 0 radical (unpaired) electrons. The molecule has 8 nitrogen and oxygen atoms in total. The molecule has 0 unspecified atom stereocenters. The van der Waals surface area contributed by atoms with Crippen molar-refractivity contribution in [2.75, 3.05) is 13.2 Å². The normalized spacial score (nSPS) is 12.3. The zero-order chi connectivity index (χ0) is 24.3. The van der Waals surface area contributed by atoms with Crippen molar-refractivity contribution in [2.45, 2.75) is 63.7 Å². The lowest BCUT2D eigenvalue weighted by Crippen LogP contribution is -2.44. The molecule has 0 aliphatic rings. The zero-order valence-electron chi connectivity index (χ0n) is 16.2. The summed E-state index contributed by atoms with van der Waals surface area (Å²) in [7, 11) is 0. The van der Waals surface area contributed by atoms with Gasteiger partial charge in [0.2, 0.25) is 0 Å². The molecule has 0 saturated carbocycles. The largest absolute Gasteiger partial charge is 0.490 e. The van der Waals surface area contributed by atoms with E-state index in [-0.39, 0.29) is 12.8 Å². The fraction of sp³-hybridized carbons (Fsp3) is 0.765. The van der Waals surface area contributed by atoms with E-state index in [0.29, 0.717) is 32.1 Å². The van der Waals surface area contributed by atoms with Crippen LogP contribution in [0.3, 0.4) is 0 Å². The molecule has 0 fully saturated rings. The average Bonchev–Trinajstić information content (AvgIpc) is 2.62. The minimum Gasteiger partial charge on any atom is -0.481 e. The lowest BCUT2D eigenvalue weighted by atomic mass is 9.84. The Kier molecular flexibility index (Phi) is 11.3. The topological polar surface area (TPSA) is 127 Å². The van der Waals surface area contributed by atoms with Gasteiger partial charge in [-0.3, -0.25) is 9.59 Å². The summed E-state index contributed by atoms with van der Waals surface area (Å²) in [6.07, 6.45) is -9.14. The second kappa shape index (κ2) is 12.3. The van der Waals surface area contributed by atoms with Gasteiger partial charge in [-0.05, 0) is 12.8 Å². The Hall–Kier alpha value is -2.54. The molecule has 31 heavy (non-hydrogen) atoms. The van der Waals surface area contributed by atoms with Crippen molar-refractivity contribution < 1.29 is 65.2 Å². The number of carboxylic acid groups (broad SMARTS) is 2. The Balaban J connectivity index is 5.00. The van der Waals surface area contributed by atoms with Gasteiger partial charge in [0.1, 0.15) is 18.6 Å². The lowest BCUT2D eigenvalue weighted by molar-refractivity contribution is -0.211. The smallest absolute Gasteiger partial charge is 0.481 e. The van der Waals surface area contributed by atoms with Crippen LogP contribution in [0, 0.1) is 5.41 Å². The Morgan fingerprint density at radius 2 is 1.03 bits per heavy atom. The van der Waals surface area contributed by atoms with Crippen molar-refractivity contribution in [1.29, 1.82) is 0 Å². The molecule has 14 heteroatoms. The summed E-state index contributed by atoms with van der Waals surface area (Å²) in [5.41, 5.74) is -2.51. The van der Waals surface area contributed by atoms with Gasteiger partial charge in [-0.1, -0.05) is 32.1 Å². The van der Waals surface area contributed by atoms with Gasteiger partial charge in [-0.25, -0.2) is 9.59 Å². The average molecular weight is 468 g/mol. The Bertz CT molecular complexity index is 599. The monoisotopic (exact) mass is 468 g/mol. The number of halogens is 6. The molecular weight excluding hydrogens is 446 g/mol. The Morgan fingerprint density at radius 3 is 1.39 bits per heavy atom. The molecule has 2 N–H and O–H groups in total. The van der Waals surface area contributed by atoms with E-state index in [0.717, 1.165) is 0 Å². The molecule has 0 aliphatic carbocycles. The van der Waals surface area contributed by atoms with Gasteiger partial charge >= 0.3 is 36.2 Å². The summed E-state index contributed by atoms with van der Waals surface area (Å²) >= 11 is 0. The molecular formula is C17H22F6O8. The molecule has 0 atom stereocenters. The maximum Gasteiger partial charge on any atom is 0.490 e. The van der Waals surface area contributed by atoms with Crippen molar-refractivity contribution in [3.63, 3.8) is 0 Å². The third kappa shape index (κ3) is 11.4. The quantitative estimate of drug-likeness (QED) is 0.225. The number of unbranched alkanes of at least 4 members (excludes halogenated alkanes) is 5. The van der Waals surface area contributed by atoms with E-state index < -0.39 is 61.3 Å². The number of rotatable bonds is 14. The number of aliphatic carboxylic acids is 2. The number of hydrogen-bond acceptors (Lipinski definition) is 6. The number of esters is 2. The van der Waals surface area contributed by atoms with Crippen LogP contribution in [-0.2, 0) is 28.7 Å². The van der Waals surface area contributed by atoms with Gasteiger partial charge in [-0.2, -0.15) is 26.3 Å². The number of carbonyl (C=O) groups is 4. The molecule has 0 aromatic heterocycles. The fourth-order valence-corrected chi connectivity index (χ4v) is 2.43. The molecule has 0 bridgehead atoms. The van der Waals surface area contributed by atoms with Gasteiger partial charge in [0.05, 0.1) is 0 Å². The minimum atomic E-state index is -5.46. The fourth-order valence-electron chi connectivity index (χ4n) is 2.43. The molecule has 180 valence electrons. The zero-order valence-corrected chi connectivity index (χ0v) is 16.2. The van der Waals surface area contributed by atoms with Crippen LogP contribution in [0.15, 0.2) is 0 Å². The van der Waals surface area contributed by atoms with Gasteiger partial charge in [0, 0.05) is 6.42 Å². The van der Waals surface area contributed by atoms with E-state index in [4.69, 9.17) is 5.11 Å². The number of alkyl halides is 6. The summed E-state index contributed by atoms with van der Waals surface area (Å²) in [6, 6.07) is 0. The van der Waals surface area contributed by atoms with Crippen LogP contribution in [0.25, 0.3) is 0 Å². The van der Waals surface area contributed by atoms with Crippen LogP contribution < -0.4 is 0 Å². The third-order valence-corrected chi connectivity index (χ3v) is 4.17. The summed E-state index contributed by atoms with van der Waals surface area (Å²) in [6.45, 7) is -2.91. The van der Waals surface area contributed by atoms with E-state index in [1.165, 1.54) is 0 Å². The van der Waals surface area contributed by atoms with Crippen molar-refractivity contribution >= 4 is 23.9 Å². The number of hydrogen-bond donors (Lipinski definition) is 2. The van der Waals surface area contributed by atoms with Crippen LogP contribution in [0.2, 0.25) is 0 Å². The first kappa shape index (κ1) is 28.5. The number of carbonyl (C=O) groups excluding carboxylic acids is 2. The standard InChI is InChI=1S/C17H22F6O8/c18-16(19,20)13(28)30-9-15(12(26)27,10-31-14(29)17(21,22)23)8-6-4-2-1-3-5-7-11(24)25/h1-10H2,(H,24,25)(H,26,27). The molecule has 0 rings (SSSR count). The van der Waals surface area contributed by atoms with Crippen molar-refractivity contribution in [2.24, 2.45) is 5.41 Å². The predicted octanol–water partition coefficient (Wildman–Crippen LogP) is 3.47. The Morgan fingerprint density at radius 1 is 0.645 bits per heavy atom. The van der Waals surface area contributed by atoms with E-state index in [9.17, 15) is 50.6 Å². The highest BCUT2D eigenvalue weighted by Gasteiger charge is 2.48. The first-order valence-corrected chi connectivity index (χ1v) is 9.05. The number of carboxylic acids is 2. The SMILES string of the molecule is O=C(O)CCCCCCCCC(COC(=O)C(F)(F)F)(COC(=O)C(F)(F)F)C(=O)O. The molecule has 0 aliphatic heterocycles. The second-order valence-corrected chi connectivity index (χ2v) is 6.75.